The number of hydrogen-bond donors (Lipinski definition) is 3. The Hall–Kier alpha value is -0.680. The first-order valence-electron chi connectivity index (χ1n) is 12.8. The van der Waals surface area contributed by atoms with E-state index in [4.69, 9.17) is 5.11 Å². The fourth-order valence-corrected chi connectivity index (χ4v) is 9.51. The van der Waals surface area contributed by atoms with Gasteiger partial charge in [0, 0.05) is 12.3 Å². The summed E-state index contributed by atoms with van der Waals surface area (Å²) in [5.41, 5.74) is -0.0254. The van der Waals surface area contributed by atoms with Crippen molar-refractivity contribution < 1.29 is 24.5 Å². The zero-order valence-electron chi connectivity index (χ0n) is 19.8. The molecule has 0 bridgehead atoms. The van der Waals surface area contributed by atoms with Crippen LogP contribution in [0.25, 0.3) is 0 Å². The molecule has 178 valence electrons. The second-order valence-corrected chi connectivity index (χ2v) is 12.1. The summed E-state index contributed by atoms with van der Waals surface area (Å²) in [6, 6.07) is 0. The van der Waals surface area contributed by atoms with Gasteiger partial charge in [-0.25, -0.2) is 4.39 Å². The molecule has 12 atom stereocenters. The molecule has 3 N–H and O–H groups in total. The number of aliphatic hydroxyl groups excluding tert-OH is 2. The van der Waals surface area contributed by atoms with Crippen LogP contribution in [0.4, 0.5) is 4.39 Å². The minimum Gasteiger partial charge on any atom is -0.481 e. The van der Waals surface area contributed by atoms with E-state index in [-0.39, 0.29) is 35.0 Å². The van der Waals surface area contributed by atoms with Crippen molar-refractivity contribution in [3.63, 3.8) is 0 Å². The van der Waals surface area contributed by atoms with E-state index in [0.29, 0.717) is 30.1 Å². The van der Waals surface area contributed by atoms with Crippen LogP contribution in [0.1, 0.15) is 85.5 Å². The zero-order valence-corrected chi connectivity index (χ0v) is 19.8. The molecule has 0 aromatic rings. The van der Waals surface area contributed by atoms with Crippen LogP contribution in [0.5, 0.6) is 0 Å². The van der Waals surface area contributed by atoms with Crippen molar-refractivity contribution in [3.05, 3.63) is 0 Å². The summed E-state index contributed by atoms with van der Waals surface area (Å²) in [7, 11) is 0. The van der Waals surface area contributed by atoms with E-state index in [0.717, 1.165) is 44.9 Å². The van der Waals surface area contributed by atoms with Gasteiger partial charge in [-0.05, 0) is 91.3 Å². The smallest absolute Gasteiger partial charge is 0.303 e. The Morgan fingerprint density at radius 2 is 1.71 bits per heavy atom. The number of rotatable bonds is 5. The van der Waals surface area contributed by atoms with Gasteiger partial charge in [-0.15, -0.1) is 0 Å². The Balaban J connectivity index is 1.64. The molecule has 5 heteroatoms. The molecule has 4 rings (SSSR count). The van der Waals surface area contributed by atoms with Crippen LogP contribution < -0.4 is 0 Å². The molecule has 0 aromatic carbocycles. The van der Waals surface area contributed by atoms with E-state index < -0.39 is 24.3 Å². The van der Waals surface area contributed by atoms with Crippen LogP contribution >= 0.6 is 0 Å². The van der Waals surface area contributed by atoms with Crippen LogP contribution in [-0.2, 0) is 4.79 Å². The first-order chi connectivity index (χ1) is 14.6. The maximum atomic E-state index is 15.4. The summed E-state index contributed by atoms with van der Waals surface area (Å²) in [5.74, 6) is 0.733. The summed E-state index contributed by atoms with van der Waals surface area (Å²) in [6.45, 7) is 8.93. The molecule has 4 unspecified atom stereocenters. The van der Waals surface area contributed by atoms with E-state index in [1.165, 1.54) is 0 Å². The quantitative estimate of drug-likeness (QED) is 0.560. The van der Waals surface area contributed by atoms with Gasteiger partial charge in [0.15, 0.2) is 0 Å². The van der Waals surface area contributed by atoms with Crippen molar-refractivity contribution in [3.8, 4) is 0 Å². The summed E-state index contributed by atoms with van der Waals surface area (Å²) < 4.78 is 15.4. The average molecular weight is 439 g/mol. The zero-order chi connectivity index (χ0) is 22.7. The number of halogens is 1. The molecule has 4 saturated carbocycles. The highest BCUT2D eigenvalue weighted by Crippen LogP contribution is 2.69. The molecule has 31 heavy (non-hydrogen) atoms. The van der Waals surface area contributed by atoms with Crippen molar-refractivity contribution in [2.75, 3.05) is 0 Å². The van der Waals surface area contributed by atoms with Gasteiger partial charge in [-0.3, -0.25) is 4.79 Å². The van der Waals surface area contributed by atoms with Crippen LogP contribution in [0.3, 0.4) is 0 Å². The number of aliphatic carboxylic acids is 1. The molecule has 4 aliphatic carbocycles. The Kier molecular flexibility index (Phi) is 6.26. The fraction of sp³-hybridized carbons (Fsp3) is 0.962. The highest BCUT2D eigenvalue weighted by atomic mass is 19.1. The average Bonchev–Trinajstić information content (AvgIpc) is 3.08. The van der Waals surface area contributed by atoms with Crippen molar-refractivity contribution in [2.45, 2.75) is 104 Å². The minimum absolute atomic E-state index is 0.0953. The normalized spacial score (nSPS) is 52.7. The second kappa shape index (κ2) is 8.27. The van der Waals surface area contributed by atoms with E-state index in [1.807, 2.05) is 0 Å². The summed E-state index contributed by atoms with van der Waals surface area (Å²) in [6.07, 6.45) is 4.75. The Morgan fingerprint density at radius 1 is 1.06 bits per heavy atom. The molecule has 4 aliphatic rings. The Labute approximate surface area is 187 Å². The molecule has 0 aromatic heterocycles. The highest BCUT2D eigenvalue weighted by Gasteiger charge is 2.66. The maximum Gasteiger partial charge on any atom is 0.303 e. The van der Waals surface area contributed by atoms with Crippen molar-refractivity contribution in [1.29, 1.82) is 0 Å². The third-order valence-corrected chi connectivity index (χ3v) is 11.0. The number of hydrogen-bond acceptors (Lipinski definition) is 3. The summed E-state index contributed by atoms with van der Waals surface area (Å²) in [4.78, 5) is 11.1. The Bertz CT molecular complexity index is 684. The lowest BCUT2D eigenvalue weighted by atomic mass is 9.41. The van der Waals surface area contributed by atoms with Gasteiger partial charge in [0.2, 0.25) is 0 Å². The molecule has 0 radical (unpaired) electrons. The number of carboxylic acids is 1. The summed E-state index contributed by atoms with van der Waals surface area (Å²) >= 11 is 0. The van der Waals surface area contributed by atoms with Gasteiger partial charge in [0.05, 0.1) is 12.2 Å². The van der Waals surface area contributed by atoms with Gasteiger partial charge in [0.25, 0.3) is 0 Å². The standard InChI is InChI=1S/C26H43FO4/c1-5-15-22-23(27)19(28)11-13-26(22,4)18-10-12-25(3)16(14(2)6-9-20(29)30)7-8-17(25)21(18)24(15)31/h14-19,21-24,28,31H,5-13H2,1-4H3,(H,29,30)/t14-,15-,16?,17?,18?,19-,21?,22-,23+,24-,25-,26-/m1/s1. The molecule has 0 amide bonds. The van der Waals surface area contributed by atoms with Crippen molar-refractivity contribution in [1.82, 2.24) is 0 Å². The largest absolute Gasteiger partial charge is 0.481 e. The van der Waals surface area contributed by atoms with Crippen LogP contribution in [0, 0.1) is 52.3 Å². The predicted molar refractivity (Wildman–Crippen MR) is 118 cm³/mol. The number of carboxylic acid groups (broad SMARTS) is 1. The first-order valence-corrected chi connectivity index (χ1v) is 12.8. The highest BCUT2D eigenvalue weighted by molar-refractivity contribution is 5.66. The third-order valence-electron chi connectivity index (χ3n) is 11.0. The van der Waals surface area contributed by atoms with Crippen molar-refractivity contribution in [2.24, 2.45) is 52.3 Å². The molecule has 0 saturated heterocycles. The van der Waals surface area contributed by atoms with Gasteiger partial charge >= 0.3 is 5.97 Å². The molecule has 0 aliphatic heterocycles. The van der Waals surface area contributed by atoms with E-state index in [2.05, 4.69) is 27.7 Å². The van der Waals surface area contributed by atoms with Crippen LogP contribution in [-0.4, -0.2) is 39.7 Å². The molecular formula is C26H43FO4. The number of alkyl halides is 1. The van der Waals surface area contributed by atoms with E-state index in [1.54, 1.807) is 0 Å². The lowest BCUT2D eigenvalue weighted by Crippen LogP contribution is -2.65. The molecule has 4 fully saturated rings. The van der Waals surface area contributed by atoms with Gasteiger partial charge in [0.1, 0.15) is 6.17 Å². The van der Waals surface area contributed by atoms with Gasteiger partial charge in [-0.1, -0.05) is 34.1 Å². The monoisotopic (exact) mass is 438 g/mol. The number of carbonyl (C=O) groups is 1. The SMILES string of the molecule is CC[C@@H]1[C@@H]2[C@@H](F)[C@H](O)CC[C@]2(C)C2CC[C@@]3(C)C(CCC3[C@H](C)CCC(=O)O)C2[C@@H]1O. The number of fused-ring (bicyclic) bond motifs is 5. The third kappa shape index (κ3) is 3.48. The molecular weight excluding hydrogens is 395 g/mol. The lowest BCUT2D eigenvalue weighted by Gasteiger charge is -2.65. The summed E-state index contributed by atoms with van der Waals surface area (Å²) in [5, 5.41) is 31.1. The predicted octanol–water partition coefficient (Wildman–Crippen LogP) is 5.06. The Morgan fingerprint density at radius 3 is 2.35 bits per heavy atom. The van der Waals surface area contributed by atoms with E-state index >= 15 is 4.39 Å². The maximum absolute atomic E-state index is 15.4. The van der Waals surface area contributed by atoms with Crippen LogP contribution in [0.2, 0.25) is 0 Å². The number of aliphatic hydroxyl groups is 2. The lowest BCUT2D eigenvalue weighted by molar-refractivity contribution is -0.222. The minimum atomic E-state index is -1.24. The molecule has 4 nitrogen and oxygen atoms in total. The van der Waals surface area contributed by atoms with Gasteiger partial charge in [-0.2, -0.15) is 0 Å². The molecule has 0 heterocycles. The molecule has 0 spiro atoms. The van der Waals surface area contributed by atoms with E-state index in [9.17, 15) is 15.0 Å². The topological polar surface area (TPSA) is 77.8 Å². The second-order valence-electron chi connectivity index (χ2n) is 12.1. The fourth-order valence-electron chi connectivity index (χ4n) is 9.51. The van der Waals surface area contributed by atoms with Crippen molar-refractivity contribution >= 4 is 5.97 Å². The van der Waals surface area contributed by atoms with Crippen LogP contribution in [0.15, 0.2) is 0 Å². The first kappa shape index (κ1) is 23.5. The van der Waals surface area contributed by atoms with Gasteiger partial charge < -0.3 is 15.3 Å².